The van der Waals surface area contributed by atoms with E-state index in [0.29, 0.717) is 19.4 Å². The van der Waals surface area contributed by atoms with Crippen LogP contribution in [0.3, 0.4) is 0 Å². The Hall–Kier alpha value is -1.01. The Morgan fingerprint density at radius 3 is 2.62 bits per heavy atom. The van der Waals surface area contributed by atoms with Gasteiger partial charge in [-0.1, -0.05) is 19.3 Å². The van der Waals surface area contributed by atoms with Crippen LogP contribution in [0.1, 0.15) is 44.9 Å². The van der Waals surface area contributed by atoms with Crippen molar-refractivity contribution in [2.24, 2.45) is 0 Å². The summed E-state index contributed by atoms with van der Waals surface area (Å²) in [4.78, 5) is 11.7. The van der Waals surface area contributed by atoms with E-state index in [4.69, 9.17) is 6.42 Å². The largest absolute Gasteiger partial charge is 0.355 e. The highest BCUT2D eigenvalue weighted by Gasteiger charge is 2.32. The van der Waals surface area contributed by atoms with Crippen molar-refractivity contribution in [2.75, 3.05) is 13.6 Å². The first-order valence-electron chi connectivity index (χ1n) is 6.11. The summed E-state index contributed by atoms with van der Waals surface area (Å²) in [6.45, 7) is 0.592. The van der Waals surface area contributed by atoms with E-state index in [-0.39, 0.29) is 11.4 Å². The molecule has 1 amide bonds. The molecule has 0 aliphatic heterocycles. The van der Waals surface area contributed by atoms with Crippen molar-refractivity contribution in [3.8, 4) is 12.3 Å². The SMILES string of the molecule is C#CCCNC(=O)CC1(NC)CCCCC1. The topological polar surface area (TPSA) is 41.1 Å². The summed E-state index contributed by atoms with van der Waals surface area (Å²) in [6.07, 6.45) is 12.3. The van der Waals surface area contributed by atoms with Crippen molar-refractivity contribution in [2.45, 2.75) is 50.5 Å². The van der Waals surface area contributed by atoms with E-state index in [1.165, 1.54) is 19.3 Å². The maximum atomic E-state index is 11.7. The second-order valence-corrected chi connectivity index (χ2v) is 4.57. The van der Waals surface area contributed by atoms with Crippen LogP contribution >= 0.6 is 0 Å². The van der Waals surface area contributed by atoms with Crippen molar-refractivity contribution < 1.29 is 4.79 Å². The van der Waals surface area contributed by atoms with Gasteiger partial charge >= 0.3 is 0 Å². The molecule has 0 unspecified atom stereocenters. The molecular formula is C13H22N2O. The van der Waals surface area contributed by atoms with Gasteiger partial charge in [-0.3, -0.25) is 4.79 Å². The summed E-state index contributed by atoms with van der Waals surface area (Å²) >= 11 is 0. The number of carbonyl (C=O) groups is 1. The number of amides is 1. The summed E-state index contributed by atoms with van der Waals surface area (Å²) in [7, 11) is 1.96. The molecule has 1 fully saturated rings. The Morgan fingerprint density at radius 1 is 1.38 bits per heavy atom. The van der Waals surface area contributed by atoms with Gasteiger partial charge in [0.25, 0.3) is 0 Å². The van der Waals surface area contributed by atoms with Gasteiger partial charge in [0.2, 0.25) is 5.91 Å². The fraction of sp³-hybridized carbons (Fsp3) is 0.769. The highest BCUT2D eigenvalue weighted by Crippen LogP contribution is 2.30. The lowest BCUT2D eigenvalue weighted by Crippen LogP contribution is -2.48. The average Bonchev–Trinajstić information content (AvgIpc) is 2.30. The zero-order valence-corrected chi connectivity index (χ0v) is 10.1. The first-order chi connectivity index (χ1) is 7.72. The molecule has 0 saturated heterocycles. The van der Waals surface area contributed by atoms with Crippen LogP contribution in [-0.2, 0) is 4.79 Å². The van der Waals surface area contributed by atoms with E-state index in [1.54, 1.807) is 0 Å². The second kappa shape index (κ2) is 6.55. The quantitative estimate of drug-likeness (QED) is 0.546. The van der Waals surface area contributed by atoms with Gasteiger partial charge in [0.1, 0.15) is 0 Å². The molecular weight excluding hydrogens is 200 g/mol. The highest BCUT2D eigenvalue weighted by atomic mass is 16.1. The zero-order valence-electron chi connectivity index (χ0n) is 10.1. The maximum Gasteiger partial charge on any atom is 0.221 e. The molecule has 0 atom stereocenters. The molecule has 1 aliphatic carbocycles. The predicted octanol–water partition coefficient (Wildman–Crippen LogP) is 1.44. The van der Waals surface area contributed by atoms with Gasteiger partial charge in [-0.15, -0.1) is 12.3 Å². The zero-order chi connectivity index (χ0) is 11.9. The van der Waals surface area contributed by atoms with Gasteiger partial charge < -0.3 is 10.6 Å². The molecule has 0 aromatic carbocycles. The van der Waals surface area contributed by atoms with Crippen molar-refractivity contribution in [3.05, 3.63) is 0 Å². The van der Waals surface area contributed by atoms with E-state index in [9.17, 15) is 4.79 Å². The van der Waals surface area contributed by atoms with Gasteiger partial charge in [0.05, 0.1) is 0 Å². The smallest absolute Gasteiger partial charge is 0.221 e. The molecule has 1 saturated carbocycles. The number of hydrogen-bond acceptors (Lipinski definition) is 2. The lowest BCUT2D eigenvalue weighted by molar-refractivity contribution is -0.122. The van der Waals surface area contributed by atoms with Crippen molar-refractivity contribution >= 4 is 5.91 Å². The molecule has 90 valence electrons. The fourth-order valence-corrected chi connectivity index (χ4v) is 2.39. The van der Waals surface area contributed by atoms with Crippen LogP contribution in [0.2, 0.25) is 0 Å². The molecule has 0 spiro atoms. The normalized spacial score (nSPS) is 18.8. The van der Waals surface area contributed by atoms with Crippen LogP contribution in [0, 0.1) is 12.3 Å². The number of terminal acetylenes is 1. The van der Waals surface area contributed by atoms with E-state index in [1.807, 2.05) is 7.05 Å². The Kier molecular flexibility index (Phi) is 5.34. The third-order valence-electron chi connectivity index (χ3n) is 3.43. The molecule has 3 nitrogen and oxygen atoms in total. The molecule has 0 radical (unpaired) electrons. The van der Waals surface area contributed by atoms with Crippen LogP contribution in [0.15, 0.2) is 0 Å². The molecule has 0 aromatic rings. The summed E-state index contributed by atoms with van der Waals surface area (Å²) < 4.78 is 0. The van der Waals surface area contributed by atoms with Gasteiger partial charge in [0.15, 0.2) is 0 Å². The van der Waals surface area contributed by atoms with Crippen LogP contribution in [-0.4, -0.2) is 25.0 Å². The van der Waals surface area contributed by atoms with Crippen molar-refractivity contribution in [1.82, 2.24) is 10.6 Å². The van der Waals surface area contributed by atoms with Crippen LogP contribution in [0.5, 0.6) is 0 Å². The van der Waals surface area contributed by atoms with Gasteiger partial charge in [-0.2, -0.15) is 0 Å². The summed E-state index contributed by atoms with van der Waals surface area (Å²) in [6, 6.07) is 0. The molecule has 0 heterocycles. The van der Waals surface area contributed by atoms with Gasteiger partial charge in [0, 0.05) is 24.9 Å². The van der Waals surface area contributed by atoms with Crippen LogP contribution < -0.4 is 10.6 Å². The highest BCUT2D eigenvalue weighted by molar-refractivity contribution is 5.77. The molecule has 2 N–H and O–H groups in total. The fourth-order valence-electron chi connectivity index (χ4n) is 2.39. The summed E-state index contributed by atoms with van der Waals surface area (Å²) in [5.41, 5.74) is 0.0263. The molecule has 3 heteroatoms. The van der Waals surface area contributed by atoms with Gasteiger partial charge in [-0.05, 0) is 19.9 Å². The van der Waals surface area contributed by atoms with Gasteiger partial charge in [-0.25, -0.2) is 0 Å². The minimum Gasteiger partial charge on any atom is -0.355 e. The van der Waals surface area contributed by atoms with E-state index < -0.39 is 0 Å². The lowest BCUT2D eigenvalue weighted by atomic mass is 9.79. The predicted molar refractivity (Wildman–Crippen MR) is 66.0 cm³/mol. The summed E-state index contributed by atoms with van der Waals surface area (Å²) in [5.74, 6) is 2.64. The second-order valence-electron chi connectivity index (χ2n) is 4.57. The standard InChI is InChI=1S/C13H22N2O/c1-3-4-10-15-12(16)11-13(14-2)8-6-5-7-9-13/h1,14H,4-11H2,2H3,(H,15,16). The first-order valence-corrected chi connectivity index (χ1v) is 6.11. The molecule has 1 rings (SSSR count). The van der Waals surface area contributed by atoms with E-state index in [0.717, 1.165) is 12.8 Å². The molecule has 0 aromatic heterocycles. The molecule has 0 bridgehead atoms. The van der Waals surface area contributed by atoms with Crippen molar-refractivity contribution in [3.63, 3.8) is 0 Å². The number of hydrogen-bond donors (Lipinski definition) is 2. The average molecular weight is 222 g/mol. The van der Waals surface area contributed by atoms with Crippen LogP contribution in [0.25, 0.3) is 0 Å². The number of carbonyl (C=O) groups excluding carboxylic acids is 1. The molecule has 1 aliphatic rings. The number of rotatable bonds is 5. The van der Waals surface area contributed by atoms with Crippen LogP contribution in [0.4, 0.5) is 0 Å². The van der Waals surface area contributed by atoms with Crippen molar-refractivity contribution in [1.29, 1.82) is 0 Å². The van der Waals surface area contributed by atoms with E-state index >= 15 is 0 Å². The first kappa shape index (κ1) is 13.1. The van der Waals surface area contributed by atoms with E-state index in [2.05, 4.69) is 16.6 Å². The summed E-state index contributed by atoms with van der Waals surface area (Å²) in [5, 5.41) is 6.21. The monoisotopic (exact) mass is 222 g/mol. The Morgan fingerprint density at radius 2 is 2.06 bits per heavy atom. The third-order valence-corrected chi connectivity index (χ3v) is 3.43. The number of nitrogens with one attached hydrogen (secondary N) is 2. The minimum atomic E-state index is 0.0263. The molecule has 16 heavy (non-hydrogen) atoms. The Labute approximate surface area is 98.4 Å². The Bertz CT molecular complexity index is 262. The maximum absolute atomic E-state index is 11.7. The third kappa shape index (κ3) is 3.86. The Balaban J connectivity index is 2.37. The lowest BCUT2D eigenvalue weighted by Gasteiger charge is -2.36. The minimum absolute atomic E-state index is 0.0263.